The molecule has 1 amide bonds. The summed E-state index contributed by atoms with van der Waals surface area (Å²) in [4.78, 5) is 11.5. The second-order valence-corrected chi connectivity index (χ2v) is 4.68. The molecule has 3 heteroatoms. The summed E-state index contributed by atoms with van der Waals surface area (Å²) in [6, 6.07) is 0. The standard InChI is InChI=1S/C11H21NO2/c1-9(2)14-8-10(13)12-11(3)6-4-5-7-11/h9H,4-8H2,1-3H3,(H,12,13). The van der Waals surface area contributed by atoms with E-state index in [1.165, 1.54) is 12.8 Å². The predicted molar refractivity (Wildman–Crippen MR) is 56.1 cm³/mol. The number of carbonyl (C=O) groups excluding carboxylic acids is 1. The second kappa shape index (κ2) is 4.78. The van der Waals surface area contributed by atoms with Gasteiger partial charge in [0.05, 0.1) is 6.10 Å². The van der Waals surface area contributed by atoms with Gasteiger partial charge in [-0.1, -0.05) is 12.8 Å². The molecule has 1 N–H and O–H groups in total. The molecule has 0 spiro atoms. The second-order valence-electron chi connectivity index (χ2n) is 4.68. The zero-order valence-corrected chi connectivity index (χ0v) is 9.43. The lowest BCUT2D eigenvalue weighted by atomic mass is 10.0. The van der Waals surface area contributed by atoms with Crippen LogP contribution in [0.15, 0.2) is 0 Å². The molecular weight excluding hydrogens is 178 g/mol. The highest BCUT2D eigenvalue weighted by atomic mass is 16.5. The average Bonchev–Trinajstić information content (AvgIpc) is 2.48. The van der Waals surface area contributed by atoms with Crippen LogP contribution in [0.25, 0.3) is 0 Å². The van der Waals surface area contributed by atoms with Crippen molar-refractivity contribution >= 4 is 5.91 Å². The first kappa shape index (κ1) is 11.5. The summed E-state index contributed by atoms with van der Waals surface area (Å²) in [7, 11) is 0. The van der Waals surface area contributed by atoms with Crippen molar-refractivity contribution in [3.8, 4) is 0 Å². The van der Waals surface area contributed by atoms with Crippen molar-refractivity contribution in [3.05, 3.63) is 0 Å². The fourth-order valence-electron chi connectivity index (χ4n) is 1.90. The van der Waals surface area contributed by atoms with Crippen molar-refractivity contribution in [2.45, 2.75) is 58.1 Å². The van der Waals surface area contributed by atoms with Gasteiger partial charge in [-0.3, -0.25) is 4.79 Å². The van der Waals surface area contributed by atoms with Crippen LogP contribution in [0.1, 0.15) is 46.5 Å². The number of rotatable bonds is 4. The van der Waals surface area contributed by atoms with Crippen LogP contribution in [0.2, 0.25) is 0 Å². The van der Waals surface area contributed by atoms with Crippen molar-refractivity contribution < 1.29 is 9.53 Å². The smallest absolute Gasteiger partial charge is 0.246 e. The van der Waals surface area contributed by atoms with Gasteiger partial charge in [0.2, 0.25) is 5.91 Å². The van der Waals surface area contributed by atoms with E-state index in [2.05, 4.69) is 12.2 Å². The highest BCUT2D eigenvalue weighted by Gasteiger charge is 2.29. The third-order valence-corrected chi connectivity index (χ3v) is 2.70. The van der Waals surface area contributed by atoms with Crippen LogP contribution in [0, 0.1) is 0 Å². The van der Waals surface area contributed by atoms with E-state index in [1.54, 1.807) is 0 Å². The van der Waals surface area contributed by atoms with Gasteiger partial charge < -0.3 is 10.1 Å². The molecule has 0 aromatic carbocycles. The van der Waals surface area contributed by atoms with Gasteiger partial charge in [0, 0.05) is 5.54 Å². The quantitative estimate of drug-likeness (QED) is 0.750. The highest BCUT2D eigenvalue weighted by molar-refractivity contribution is 5.78. The Kier molecular flexibility index (Phi) is 3.93. The van der Waals surface area contributed by atoms with Crippen LogP contribution in [0.3, 0.4) is 0 Å². The van der Waals surface area contributed by atoms with Crippen molar-refractivity contribution in [2.75, 3.05) is 6.61 Å². The number of amides is 1. The molecule has 1 fully saturated rings. The van der Waals surface area contributed by atoms with Crippen molar-refractivity contribution in [1.29, 1.82) is 0 Å². The average molecular weight is 199 g/mol. The van der Waals surface area contributed by atoms with E-state index in [-0.39, 0.29) is 24.2 Å². The van der Waals surface area contributed by atoms with E-state index in [0.717, 1.165) is 12.8 Å². The Hall–Kier alpha value is -0.570. The molecule has 0 aromatic heterocycles. The van der Waals surface area contributed by atoms with Crippen LogP contribution in [0.5, 0.6) is 0 Å². The van der Waals surface area contributed by atoms with Crippen LogP contribution in [0.4, 0.5) is 0 Å². The molecule has 1 aliphatic rings. The van der Waals surface area contributed by atoms with Gasteiger partial charge in [0.15, 0.2) is 0 Å². The van der Waals surface area contributed by atoms with Crippen molar-refractivity contribution in [3.63, 3.8) is 0 Å². The maximum atomic E-state index is 11.5. The summed E-state index contributed by atoms with van der Waals surface area (Å²) < 4.78 is 5.25. The van der Waals surface area contributed by atoms with E-state index in [0.29, 0.717) is 0 Å². The number of ether oxygens (including phenoxy) is 1. The largest absolute Gasteiger partial charge is 0.369 e. The minimum Gasteiger partial charge on any atom is -0.369 e. The van der Waals surface area contributed by atoms with Crippen molar-refractivity contribution in [1.82, 2.24) is 5.32 Å². The fourth-order valence-corrected chi connectivity index (χ4v) is 1.90. The molecule has 0 heterocycles. The van der Waals surface area contributed by atoms with E-state index >= 15 is 0 Å². The third kappa shape index (κ3) is 3.66. The SMILES string of the molecule is CC(C)OCC(=O)NC1(C)CCCC1. The van der Waals surface area contributed by atoms with Crippen LogP contribution in [-0.2, 0) is 9.53 Å². The number of hydrogen-bond acceptors (Lipinski definition) is 2. The lowest BCUT2D eigenvalue weighted by molar-refractivity contribution is -0.128. The summed E-state index contributed by atoms with van der Waals surface area (Å²) in [6.07, 6.45) is 4.77. The first-order chi connectivity index (χ1) is 6.52. The van der Waals surface area contributed by atoms with E-state index in [9.17, 15) is 4.79 Å². The van der Waals surface area contributed by atoms with Gasteiger partial charge in [-0.05, 0) is 33.6 Å². The fraction of sp³-hybridized carbons (Fsp3) is 0.909. The third-order valence-electron chi connectivity index (χ3n) is 2.70. The van der Waals surface area contributed by atoms with Gasteiger partial charge in [-0.15, -0.1) is 0 Å². The molecule has 0 unspecified atom stereocenters. The molecular formula is C11H21NO2. The highest BCUT2D eigenvalue weighted by Crippen LogP contribution is 2.28. The molecule has 82 valence electrons. The lowest BCUT2D eigenvalue weighted by Gasteiger charge is -2.25. The summed E-state index contributed by atoms with van der Waals surface area (Å²) >= 11 is 0. The van der Waals surface area contributed by atoms with E-state index < -0.39 is 0 Å². The molecule has 0 atom stereocenters. The van der Waals surface area contributed by atoms with Gasteiger partial charge in [0.1, 0.15) is 6.61 Å². The molecule has 0 bridgehead atoms. The van der Waals surface area contributed by atoms with Crippen LogP contribution in [-0.4, -0.2) is 24.2 Å². The lowest BCUT2D eigenvalue weighted by Crippen LogP contribution is -2.45. The van der Waals surface area contributed by atoms with Gasteiger partial charge >= 0.3 is 0 Å². The summed E-state index contributed by atoms with van der Waals surface area (Å²) in [5, 5.41) is 3.05. The first-order valence-corrected chi connectivity index (χ1v) is 5.44. The van der Waals surface area contributed by atoms with Crippen LogP contribution < -0.4 is 5.32 Å². The Morgan fingerprint density at radius 1 is 1.43 bits per heavy atom. The molecule has 14 heavy (non-hydrogen) atoms. The molecule has 0 aliphatic heterocycles. The van der Waals surface area contributed by atoms with Crippen molar-refractivity contribution in [2.24, 2.45) is 0 Å². The minimum absolute atomic E-state index is 0.0168. The minimum atomic E-state index is 0.0168. The van der Waals surface area contributed by atoms with E-state index in [4.69, 9.17) is 4.74 Å². The van der Waals surface area contributed by atoms with Gasteiger partial charge in [-0.2, -0.15) is 0 Å². The zero-order chi connectivity index (χ0) is 10.6. The maximum absolute atomic E-state index is 11.5. The maximum Gasteiger partial charge on any atom is 0.246 e. The number of nitrogens with one attached hydrogen (secondary N) is 1. The Morgan fingerprint density at radius 2 is 2.00 bits per heavy atom. The molecule has 0 saturated heterocycles. The molecule has 3 nitrogen and oxygen atoms in total. The molecule has 1 aliphatic carbocycles. The molecule has 0 aromatic rings. The predicted octanol–water partition coefficient (Wildman–Crippen LogP) is 1.86. The topological polar surface area (TPSA) is 38.3 Å². The summed E-state index contributed by atoms with van der Waals surface area (Å²) in [5.74, 6) is 0.0168. The Labute approximate surface area is 86.2 Å². The monoisotopic (exact) mass is 199 g/mol. The molecule has 1 saturated carbocycles. The van der Waals surface area contributed by atoms with Gasteiger partial charge in [0.25, 0.3) is 0 Å². The molecule has 1 rings (SSSR count). The van der Waals surface area contributed by atoms with E-state index in [1.807, 2.05) is 13.8 Å². The Balaban J connectivity index is 2.25. The summed E-state index contributed by atoms with van der Waals surface area (Å²) in [6.45, 7) is 6.18. The normalized spacial score (nSPS) is 20.0. The Morgan fingerprint density at radius 3 is 2.50 bits per heavy atom. The number of carbonyl (C=O) groups is 1. The summed E-state index contributed by atoms with van der Waals surface area (Å²) in [5.41, 5.74) is 0.0252. The van der Waals surface area contributed by atoms with Gasteiger partial charge in [-0.25, -0.2) is 0 Å². The molecule has 0 radical (unpaired) electrons. The first-order valence-electron chi connectivity index (χ1n) is 5.44. The Bertz CT molecular complexity index is 195. The number of hydrogen-bond donors (Lipinski definition) is 1. The zero-order valence-electron chi connectivity index (χ0n) is 9.43. The van der Waals surface area contributed by atoms with Crippen LogP contribution >= 0.6 is 0 Å².